The lowest BCUT2D eigenvalue weighted by atomic mass is 9.66. The second kappa shape index (κ2) is 5.89. The van der Waals surface area contributed by atoms with Gasteiger partial charge in [0.1, 0.15) is 5.92 Å². The van der Waals surface area contributed by atoms with E-state index in [1.165, 1.54) is 7.11 Å². The molecule has 1 aromatic rings. The van der Waals surface area contributed by atoms with Gasteiger partial charge in [-0.15, -0.1) is 0 Å². The van der Waals surface area contributed by atoms with Gasteiger partial charge in [0.05, 0.1) is 7.11 Å². The van der Waals surface area contributed by atoms with Crippen molar-refractivity contribution < 1.29 is 14.3 Å². The Morgan fingerprint density at radius 2 is 2.00 bits per heavy atom. The van der Waals surface area contributed by atoms with E-state index in [-0.39, 0.29) is 17.1 Å². The molecule has 1 aliphatic carbocycles. The molecular weight excluding hydrogens is 304 g/mol. The maximum absolute atomic E-state index is 12.9. The second-order valence-corrected chi connectivity index (χ2v) is 7.24. The van der Waals surface area contributed by atoms with Crippen molar-refractivity contribution in [3.63, 3.8) is 0 Å². The molecule has 0 amide bonds. The van der Waals surface area contributed by atoms with Crippen LogP contribution in [-0.2, 0) is 14.3 Å². The van der Waals surface area contributed by atoms with E-state index in [9.17, 15) is 9.59 Å². The topological polar surface area (TPSA) is 68.3 Å². The molecule has 0 saturated heterocycles. The molecule has 0 bridgehead atoms. The fourth-order valence-corrected chi connectivity index (χ4v) is 3.78. The number of carbonyl (C=O) groups excluding carboxylic acids is 2. The molecule has 1 aliphatic heterocycles. The first-order valence-corrected chi connectivity index (χ1v) is 8.04. The van der Waals surface area contributed by atoms with Crippen molar-refractivity contribution in [3.8, 4) is 0 Å². The van der Waals surface area contributed by atoms with Gasteiger partial charge in [0, 0.05) is 41.7 Å². The van der Waals surface area contributed by atoms with Gasteiger partial charge in [-0.3, -0.25) is 14.6 Å². The lowest BCUT2D eigenvalue weighted by molar-refractivity contribution is -0.144. The van der Waals surface area contributed by atoms with E-state index < -0.39 is 11.9 Å². The third-order valence-corrected chi connectivity index (χ3v) is 4.77. The predicted molar refractivity (Wildman–Crippen MR) is 89.8 cm³/mol. The molecule has 0 aromatic carbocycles. The molecule has 5 nitrogen and oxygen atoms in total. The van der Waals surface area contributed by atoms with Crippen molar-refractivity contribution in [2.45, 2.75) is 32.6 Å². The maximum Gasteiger partial charge on any atom is 0.315 e. The summed E-state index contributed by atoms with van der Waals surface area (Å²) in [5, 5.41) is 3.22. The van der Waals surface area contributed by atoms with Gasteiger partial charge in [-0.05, 0) is 29.5 Å². The quantitative estimate of drug-likeness (QED) is 0.846. The number of hydrogen-bond donors (Lipinski definition) is 1. The molecule has 0 spiro atoms. The van der Waals surface area contributed by atoms with Crippen LogP contribution in [0, 0.1) is 11.3 Å². The van der Waals surface area contributed by atoms with Gasteiger partial charge in [-0.1, -0.05) is 20.4 Å². The second-order valence-electron chi connectivity index (χ2n) is 7.24. The maximum atomic E-state index is 12.9. The zero-order valence-corrected chi connectivity index (χ0v) is 14.3. The van der Waals surface area contributed by atoms with Crippen molar-refractivity contribution in [2.75, 3.05) is 7.11 Å². The zero-order valence-electron chi connectivity index (χ0n) is 14.3. The third kappa shape index (κ3) is 2.75. The van der Waals surface area contributed by atoms with Gasteiger partial charge in [0.15, 0.2) is 5.78 Å². The molecule has 3 rings (SSSR count). The summed E-state index contributed by atoms with van der Waals surface area (Å²) in [4.78, 5) is 29.3. The SMILES string of the molecule is C=C1NC2=C(C(=O)CC(C)(C)C2)C(c2ccncc2)C1C(=O)OC. The minimum absolute atomic E-state index is 0.0805. The summed E-state index contributed by atoms with van der Waals surface area (Å²) in [5.74, 6) is -1.32. The van der Waals surface area contributed by atoms with Crippen molar-refractivity contribution in [2.24, 2.45) is 11.3 Å². The first kappa shape index (κ1) is 16.4. The summed E-state index contributed by atoms with van der Waals surface area (Å²) in [6.45, 7) is 8.18. The minimum atomic E-state index is -0.624. The number of carbonyl (C=O) groups is 2. The first-order valence-electron chi connectivity index (χ1n) is 8.04. The smallest absolute Gasteiger partial charge is 0.315 e. The number of allylic oxidation sites excluding steroid dienone is 2. The Hall–Kier alpha value is -2.43. The fourth-order valence-electron chi connectivity index (χ4n) is 3.78. The number of nitrogens with zero attached hydrogens (tertiary/aromatic N) is 1. The van der Waals surface area contributed by atoms with E-state index in [0.717, 1.165) is 17.7 Å². The zero-order chi connectivity index (χ0) is 17.5. The number of rotatable bonds is 2. The van der Waals surface area contributed by atoms with Crippen LogP contribution in [0.3, 0.4) is 0 Å². The van der Waals surface area contributed by atoms with E-state index in [1.54, 1.807) is 12.4 Å². The van der Waals surface area contributed by atoms with E-state index >= 15 is 0 Å². The number of hydrogen-bond acceptors (Lipinski definition) is 5. The lowest BCUT2D eigenvalue weighted by Crippen LogP contribution is -2.43. The molecule has 0 fully saturated rings. The molecular formula is C19H22N2O3. The highest BCUT2D eigenvalue weighted by atomic mass is 16.5. The lowest BCUT2D eigenvalue weighted by Gasteiger charge is -2.42. The highest BCUT2D eigenvalue weighted by Gasteiger charge is 2.46. The van der Waals surface area contributed by atoms with Crippen LogP contribution in [0.15, 0.2) is 48.1 Å². The number of aromatic nitrogens is 1. The van der Waals surface area contributed by atoms with Gasteiger partial charge < -0.3 is 10.1 Å². The molecule has 0 saturated carbocycles. The van der Waals surface area contributed by atoms with E-state index in [4.69, 9.17) is 4.74 Å². The largest absolute Gasteiger partial charge is 0.468 e. The standard InChI is InChI=1S/C19H22N2O3/c1-11-15(18(23)24-4)16(12-5-7-20-8-6-12)17-13(21-11)9-19(2,3)10-14(17)22/h5-8,15-16,21H,1,9-10H2,2-4H3. The molecule has 0 radical (unpaired) electrons. The van der Waals surface area contributed by atoms with Crippen LogP contribution in [0.2, 0.25) is 0 Å². The predicted octanol–water partition coefficient (Wildman–Crippen LogP) is 2.71. The van der Waals surface area contributed by atoms with Crippen LogP contribution in [0.25, 0.3) is 0 Å². The summed E-state index contributed by atoms with van der Waals surface area (Å²) < 4.78 is 4.98. The summed E-state index contributed by atoms with van der Waals surface area (Å²) >= 11 is 0. The minimum Gasteiger partial charge on any atom is -0.468 e. The molecule has 2 heterocycles. The van der Waals surface area contributed by atoms with Gasteiger partial charge in [0.25, 0.3) is 0 Å². The fraction of sp³-hybridized carbons (Fsp3) is 0.421. The number of pyridine rings is 1. The Morgan fingerprint density at radius 3 is 2.62 bits per heavy atom. The van der Waals surface area contributed by atoms with Crippen LogP contribution in [0.5, 0.6) is 0 Å². The molecule has 1 N–H and O–H groups in total. The number of esters is 1. The molecule has 5 heteroatoms. The van der Waals surface area contributed by atoms with E-state index in [2.05, 4.69) is 30.7 Å². The normalized spacial score (nSPS) is 25.8. The van der Waals surface area contributed by atoms with Crippen molar-refractivity contribution in [3.05, 3.63) is 53.6 Å². The highest BCUT2D eigenvalue weighted by molar-refractivity contribution is 6.00. The first-order chi connectivity index (χ1) is 11.3. The Balaban J connectivity index is 2.18. The van der Waals surface area contributed by atoms with Gasteiger partial charge in [-0.2, -0.15) is 0 Å². The summed E-state index contributed by atoms with van der Waals surface area (Å²) in [5.41, 5.74) is 2.91. The average Bonchev–Trinajstić information content (AvgIpc) is 2.52. The van der Waals surface area contributed by atoms with Gasteiger partial charge in [0.2, 0.25) is 0 Å². The van der Waals surface area contributed by atoms with Crippen molar-refractivity contribution in [1.82, 2.24) is 10.3 Å². The summed E-state index contributed by atoms with van der Waals surface area (Å²) in [6.07, 6.45) is 4.57. The number of methoxy groups -OCH3 is 1. The van der Waals surface area contributed by atoms with Crippen molar-refractivity contribution in [1.29, 1.82) is 0 Å². The number of ether oxygens (including phenoxy) is 1. The average molecular weight is 326 g/mol. The Morgan fingerprint density at radius 1 is 1.33 bits per heavy atom. The Labute approximate surface area is 141 Å². The van der Waals surface area contributed by atoms with Crippen LogP contribution < -0.4 is 5.32 Å². The number of nitrogens with one attached hydrogen (secondary N) is 1. The Kier molecular flexibility index (Phi) is 4.03. The molecule has 126 valence electrons. The van der Waals surface area contributed by atoms with Gasteiger partial charge in [-0.25, -0.2) is 0 Å². The van der Waals surface area contributed by atoms with Crippen LogP contribution in [0.4, 0.5) is 0 Å². The summed E-state index contributed by atoms with van der Waals surface area (Å²) in [7, 11) is 1.36. The van der Waals surface area contributed by atoms with E-state index in [0.29, 0.717) is 17.7 Å². The van der Waals surface area contributed by atoms with E-state index in [1.807, 2.05) is 12.1 Å². The Bertz CT molecular complexity index is 734. The van der Waals surface area contributed by atoms with Crippen LogP contribution in [0.1, 0.15) is 38.2 Å². The molecule has 2 unspecified atom stereocenters. The van der Waals surface area contributed by atoms with Crippen LogP contribution in [-0.4, -0.2) is 23.8 Å². The molecule has 1 aromatic heterocycles. The molecule has 24 heavy (non-hydrogen) atoms. The molecule has 2 aliphatic rings. The number of ketones is 1. The monoisotopic (exact) mass is 326 g/mol. The van der Waals surface area contributed by atoms with Crippen molar-refractivity contribution >= 4 is 11.8 Å². The highest BCUT2D eigenvalue weighted by Crippen LogP contribution is 2.47. The number of Topliss-reactive ketones (excluding diaryl/α,β-unsaturated/α-hetero) is 1. The third-order valence-electron chi connectivity index (χ3n) is 4.77. The van der Waals surface area contributed by atoms with Gasteiger partial charge >= 0.3 is 5.97 Å². The van der Waals surface area contributed by atoms with Crippen LogP contribution >= 0.6 is 0 Å². The summed E-state index contributed by atoms with van der Waals surface area (Å²) in [6, 6.07) is 3.69. The molecule has 2 atom stereocenters.